The second kappa shape index (κ2) is 9.71. The van der Waals surface area contributed by atoms with E-state index in [2.05, 4.69) is 10.6 Å². The minimum Gasteiger partial charge on any atom is -0.496 e. The lowest BCUT2D eigenvalue weighted by atomic mass is 9.96. The molecule has 0 aliphatic carbocycles. The fourth-order valence-corrected chi connectivity index (χ4v) is 2.22. The third kappa shape index (κ3) is 7.04. The molecule has 6 heteroatoms. The van der Waals surface area contributed by atoms with Crippen molar-refractivity contribution in [3.63, 3.8) is 0 Å². The van der Waals surface area contributed by atoms with Gasteiger partial charge < -0.3 is 20.5 Å². The average Bonchev–Trinajstić information content (AvgIpc) is 2.51. The minimum absolute atomic E-state index is 0.0363. The normalized spacial score (nSPS) is 11.8. The Balaban J connectivity index is 2.55. The number of ether oxygens (including phenoxy) is 1. The first-order valence-electron chi connectivity index (χ1n) is 7.82. The minimum atomic E-state index is -0.858. The topological polar surface area (TPSA) is 87.7 Å². The van der Waals surface area contributed by atoms with Gasteiger partial charge in [-0.05, 0) is 30.4 Å². The van der Waals surface area contributed by atoms with Crippen LogP contribution in [0.3, 0.4) is 0 Å². The average molecular weight is 322 g/mol. The maximum absolute atomic E-state index is 11.9. The summed E-state index contributed by atoms with van der Waals surface area (Å²) in [5, 5.41) is 14.2. The summed E-state index contributed by atoms with van der Waals surface area (Å²) < 4.78 is 5.35. The number of aliphatic carboxylic acids is 1. The molecule has 1 unspecified atom stereocenters. The zero-order valence-corrected chi connectivity index (χ0v) is 14.0. The summed E-state index contributed by atoms with van der Waals surface area (Å²) in [6.45, 7) is 4.44. The summed E-state index contributed by atoms with van der Waals surface area (Å²) in [5.74, 6) is 0.204. The first kappa shape index (κ1) is 18.8. The van der Waals surface area contributed by atoms with E-state index in [0.717, 1.165) is 11.3 Å². The Morgan fingerprint density at radius 1 is 1.26 bits per heavy atom. The lowest BCUT2D eigenvalue weighted by Gasteiger charge is -2.23. The second-order valence-corrected chi connectivity index (χ2v) is 5.76. The van der Waals surface area contributed by atoms with E-state index in [-0.39, 0.29) is 24.4 Å². The van der Waals surface area contributed by atoms with Crippen LogP contribution in [0.5, 0.6) is 5.75 Å². The van der Waals surface area contributed by atoms with Gasteiger partial charge in [0.15, 0.2) is 0 Å². The van der Waals surface area contributed by atoms with E-state index in [1.165, 1.54) is 0 Å². The number of carbonyl (C=O) groups is 2. The van der Waals surface area contributed by atoms with E-state index in [1.54, 1.807) is 7.11 Å². The van der Waals surface area contributed by atoms with Crippen LogP contribution in [0.15, 0.2) is 24.3 Å². The lowest BCUT2D eigenvalue weighted by molar-refractivity contribution is -0.137. The highest BCUT2D eigenvalue weighted by Crippen LogP contribution is 2.21. The van der Waals surface area contributed by atoms with Crippen LogP contribution < -0.4 is 15.4 Å². The summed E-state index contributed by atoms with van der Waals surface area (Å²) in [6.07, 6.45) is 1.14. The van der Waals surface area contributed by atoms with Gasteiger partial charge in [0.05, 0.1) is 7.11 Å². The largest absolute Gasteiger partial charge is 0.496 e. The fraction of sp³-hybridized carbons (Fsp3) is 0.529. The first-order valence-corrected chi connectivity index (χ1v) is 7.82. The van der Waals surface area contributed by atoms with E-state index in [0.29, 0.717) is 19.4 Å². The number of hydrogen-bond acceptors (Lipinski definition) is 3. The van der Waals surface area contributed by atoms with E-state index in [9.17, 15) is 9.59 Å². The predicted molar refractivity (Wildman–Crippen MR) is 88.7 cm³/mol. The molecule has 1 atom stereocenters. The molecule has 0 aliphatic heterocycles. The number of para-hydroxylation sites is 1. The van der Waals surface area contributed by atoms with Crippen LogP contribution in [-0.4, -0.2) is 36.8 Å². The van der Waals surface area contributed by atoms with Crippen molar-refractivity contribution >= 4 is 12.0 Å². The number of carboxylic acid groups (broad SMARTS) is 1. The number of methoxy groups -OCH3 is 1. The standard InChI is InChI=1S/C17H26N2O4/c1-12(2)14(11-13-7-4-5-8-15(13)23-3)19-17(22)18-10-6-9-16(20)21/h4-5,7-8,12,14H,6,9-11H2,1-3H3,(H,20,21)(H2,18,19,22). The monoisotopic (exact) mass is 322 g/mol. The van der Waals surface area contributed by atoms with Crippen molar-refractivity contribution in [1.29, 1.82) is 0 Å². The fourth-order valence-electron chi connectivity index (χ4n) is 2.22. The summed E-state index contributed by atoms with van der Waals surface area (Å²) >= 11 is 0. The molecule has 0 heterocycles. The van der Waals surface area contributed by atoms with Gasteiger partial charge in [-0.3, -0.25) is 4.79 Å². The Morgan fingerprint density at radius 3 is 2.57 bits per heavy atom. The predicted octanol–water partition coefficient (Wildman–Crippen LogP) is 2.43. The number of rotatable bonds is 9. The van der Waals surface area contributed by atoms with Crippen molar-refractivity contribution in [2.24, 2.45) is 5.92 Å². The second-order valence-electron chi connectivity index (χ2n) is 5.76. The molecule has 0 saturated carbocycles. The van der Waals surface area contributed by atoms with Crippen LogP contribution in [0, 0.1) is 5.92 Å². The van der Waals surface area contributed by atoms with Gasteiger partial charge in [-0.15, -0.1) is 0 Å². The highest BCUT2D eigenvalue weighted by Gasteiger charge is 2.18. The van der Waals surface area contributed by atoms with Crippen molar-refractivity contribution in [2.45, 2.75) is 39.2 Å². The van der Waals surface area contributed by atoms with Gasteiger partial charge in [-0.25, -0.2) is 4.79 Å². The van der Waals surface area contributed by atoms with Gasteiger partial charge in [0.1, 0.15) is 5.75 Å². The number of carboxylic acids is 1. The van der Waals surface area contributed by atoms with Crippen LogP contribution in [0.1, 0.15) is 32.3 Å². The third-order valence-electron chi connectivity index (χ3n) is 3.61. The Morgan fingerprint density at radius 2 is 1.96 bits per heavy atom. The highest BCUT2D eigenvalue weighted by atomic mass is 16.5. The van der Waals surface area contributed by atoms with Crippen molar-refractivity contribution in [2.75, 3.05) is 13.7 Å². The highest BCUT2D eigenvalue weighted by molar-refractivity contribution is 5.74. The summed E-state index contributed by atoms with van der Waals surface area (Å²) in [4.78, 5) is 22.4. The van der Waals surface area contributed by atoms with Crippen LogP contribution in [-0.2, 0) is 11.2 Å². The van der Waals surface area contributed by atoms with Gasteiger partial charge in [-0.2, -0.15) is 0 Å². The van der Waals surface area contributed by atoms with E-state index < -0.39 is 5.97 Å². The molecule has 0 aromatic heterocycles. The Labute approximate surface area is 137 Å². The van der Waals surface area contributed by atoms with Crippen molar-refractivity contribution in [1.82, 2.24) is 10.6 Å². The molecule has 0 fully saturated rings. The van der Waals surface area contributed by atoms with Gasteiger partial charge in [-0.1, -0.05) is 32.0 Å². The molecule has 0 bridgehead atoms. The van der Waals surface area contributed by atoms with Crippen LogP contribution in [0.2, 0.25) is 0 Å². The molecule has 0 radical (unpaired) electrons. The number of benzene rings is 1. The van der Waals surface area contributed by atoms with Crippen molar-refractivity contribution in [3.8, 4) is 5.75 Å². The van der Waals surface area contributed by atoms with Crippen LogP contribution in [0.25, 0.3) is 0 Å². The molecule has 128 valence electrons. The number of urea groups is 1. The van der Waals surface area contributed by atoms with Gasteiger partial charge in [0, 0.05) is 19.0 Å². The lowest BCUT2D eigenvalue weighted by Crippen LogP contribution is -2.45. The Bertz CT molecular complexity index is 517. The van der Waals surface area contributed by atoms with E-state index >= 15 is 0 Å². The molecular formula is C17H26N2O4. The molecule has 6 nitrogen and oxygen atoms in total. The summed E-state index contributed by atoms with van der Waals surface area (Å²) in [6, 6.07) is 7.44. The molecule has 1 aromatic carbocycles. The molecular weight excluding hydrogens is 296 g/mol. The zero-order chi connectivity index (χ0) is 17.2. The zero-order valence-electron chi connectivity index (χ0n) is 14.0. The maximum atomic E-state index is 11.9. The Kier molecular flexibility index (Phi) is 7.94. The maximum Gasteiger partial charge on any atom is 0.315 e. The number of amides is 2. The third-order valence-corrected chi connectivity index (χ3v) is 3.61. The molecule has 0 saturated heterocycles. The summed E-state index contributed by atoms with van der Waals surface area (Å²) in [5.41, 5.74) is 1.04. The van der Waals surface area contributed by atoms with Crippen molar-refractivity contribution in [3.05, 3.63) is 29.8 Å². The molecule has 0 aliphatic rings. The van der Waals surface area contributed by atoms with Crippen LogP contribution >= 0.6 is 0 Å². The van der Waals surface area contributed by atoms with Crippen LogP contribution in [0.4, 0.5) is 4.79 Å². The molecule has 1 rings (SSSR count). The molecule has 3 N–H and O–H groups in total. The quantitative estimate of drug-likeness (QED) is 0.609. The first-order chi connectivity index (χ1) is 10.9. The summed E-state index contributed by atoms with van der Waals surface area (Å²) in [7, 11) is 1.63. The molecule has 0 spiro atoms. The van der Waals surface area contributed by atoms with Crippen molar-refractivity contribution < 1.29 is 19.4 Å². The smallest absolute Gasteiger partial charge is 0.315 e. The van der Waals surface area contributed by atoms with E-state index in [4.69, 9.17) is 9.84 Å². The van der Waals surface area contributed by atoms with Gasteiger partial charge >= 0.3 is 12.0 Å². The number of carbonyl (C=O) groups excluding carboxylic acids is 1. The molecule has 23 heavy (non-hydrogen) atoms. The number of hydrogen-bond donors (Lipinski definition) is 3. The van der Waals surface area contributed by atoms with Gasteiger partial charge in [0.2, 0.25) is 0 Å². The Hall–Kier alpha value is -2.24. The number of nitrogens with one attached hydrogen (secondary N) is 2. The van der Waals surface area contributed by atoms with Gasteiger partial charge in [0.25, 0.3) is 0 Å². The molecule has 2 amide bonds. The SMILES string of the molecule is COc1ccccc1CC(NC(=O)NCCCC(=O)O)C(C)C. The molecule has 1 aromatic rings. The van der Waals surface area contributed by atoms with E-state index in [1.807, 2.05) is 38.1 Å².